The van der Waals surface area contributed by atoms with E-state index < -0.39 is 0 Å². The molecule has 0 aromatic heterocycles. The van der Waals surface area contributed by atoms with Crippen LogP contribution in [0.15, 0.2) is 27.1 Å². The first-order chi connectivity index (χ1) is 9.61. The fraction of sp³-hybridized carbons (Fsp3) is 0.562. The van der Waals surface area contributed by atoms with Crippen LogP contribution in [0.2, 0.25) is 0 Å². The van der Waals surface area contributed by atoms with Gasteiger partial charge in [-0.15, -0.1) is 0 Å². The smallest absolute Gasteiger partial charge is 0.252 e. The number of rotatable bonds is 4. The fourth-order valence-electron chi connectivity index (χ4n) is 3.01. The SMILES string of the molecule is CCC(NC(=O)c1cc(Br)ccc1Br)C1CCCCC1. The maximum absolute atomic E-state index is 12.5. The van der Waals surface area contributed by atoms with Gasteiger partial charge in [0.05, 0.1) is 5.56 Å². The van der Waals surface area contributed by atoms with Crippen LogP contribution in [-0.2, 0) is 0 Å². The Hall–Kier alpha value is -0.350. The summed E-state index contributed by atoms with van der Waals surface area (Å²) in [6.07, 6.45) is 7.45. The molecule has 0 aliphatic heterocycles. The Labute approximate surface area is 138 Å². The van der Waals surface area contributed by atoms with Gasteiger partial charge in [-0.1, -0.05) is 42.1 Å². The second-order valence-electron chi connectivity index (χ2n) is 5.51. The highest BCUT2D eigenvalue weighted by atomic mass is 79.9. The molecule has 0 bridgehead atoms. The average molecular weight is 403 g/mol. The van der Waals surface area contributed by atoms with Crippen LogP contribution in [0, 0.1) is 5.92 Å². The molecule has 1 unspecified atom stereocenters. The van der Waals surface area contributed by atoms with Crippen molar-refractivity contribution in [3.05, 3.63) is 32.7 Å². The molecule has 110 valence electrons. The monoisotopic (exact) mass is 401 g/mol. The van der Waals surface area contributed by atoms with Gasteiger partial charge in [-0.2, -0.15) is 0 Å². The van der Waals surface area contributed by atoms with Crippen LogP contribution >= 0.6 is 31.9 Å². The van der Waals surface area contributed by atoms with E-state index in [0.717, 1.165) is 15.4 Å². The predicted molar refractivity (Wildman–Crippen MR) is 90.0 cm³/mol. The summed E-state index contributed by atoms with van der Waals surface area (Å²) in [5.41, 5.74) is 0.702. The van der Waals surface area contributed by atoms with Gasteiger partial charge in [0.1, 0.15) is 0 Å². The highest BCUT2D eigenvalue weighted by Crippen LogP contribution is 2.28. The molecule has 1 aromatic carbocycles. The third-order valence-corrected chi connectivity index (χ3v) is 5.33. The number of hydrogen-bond acceptors (Lipinski definition) is 1. The van der Waals surface area contributed by atoms with Crippen molar-refractivity contribution in [1.82, 2.24) is 5.32 Å². The van der Waals surface area contributed by atoms with Gasteiger partial charge in [-0.3, -0.25) is 4.79 Å². The number of benzene rings is 1. The fourth-order valence-corrected chi connectivity index (χ4v) is 3.80. The number of nitrogens with one attached hydrogen (secondary N) is 1. The molecular weight excluding hydrogens is 382 g/mol. The Kier molecular flexibility index (Phi) is 6.09. The Balaban J connectivity index is 2.06. The molecule has 1 saturated carbocycles. The first-order valence-corrected chi connectivity index (χ1v) is 8.96. The zero-order chi connectivity index (χ0) is 14.5. The van der Waals surface area contributed by atoms with Crippen LogP contribution in [0.25, 0.3) is 0 Å². The van der Waals surface area contributed by atoms with Crippen molar-refractivity contribution in [2.24, 2.45) is 5.92 Å². The number of carbonyl (C=O) groups excluding carboxylic acids is 1. The number of hydrogen-bond donors (Lipinski definition) is 1. The summed E-state index contributed by atoms with van der Waals surface area (Å²) in [5.74, 6) is 0.666. The van der Waals surface area contributed by atoms with Crippen molar-refractivity contribution in [2.75, 3.05) is 0 Å². The van der Waals surface area contributed by atoms with Crippen molar-refractivity contribution in [1.29, 1.82) is 0 Å². The Morgan fingerprint density at radius 3 is 2.65 bits per heavy atom. The molecule has 1 aromatic rings. The molecule has 1 aliphatic carbocycles. The predicted octanol–water partition coefficient (Wildman–Crippen LogP) is 5.30. The van der Waals surface area contributed by atoms with Crippen molar-refractivity contribution in [3.8, 4) is 0 Å². The minimum atomic E-state index is 0.0237. The normalized spacial score (nSPS) is 17.8. The summed E-state index contributed by atoms with van der Waals surface area (Å²) in [7, 11) is 0. The largest absolute Gasteiger partial charge is 0.349 e. The van der Waals surface area contributed by atoms with E-state index in [1.54, 1.807) is 0 Å². The third-order valence-electron chi connectivity index (χ3n) is 4.15. The second kappa shape index (κ2) is 7.60. The van der Waals surface area contributed by atoms with Gasteiger partial charge in [0.2, 0.25) is 0 Å². The van der Waals surface area contributed by atoms with Gasteiger partial charge < -0.3 is 5.32 Å². The quantitative estimate of drug-likeness (QED) is 0.727. The molecule has 0 saturated heterocycles. The molecule has 0 spiro atoms. The number of carbonyl (C=O) groups is 1. The van der Waals surface area contributed by atoms with E-state index in [-0.39, 0.29) is 5.91 Å². The van der Waals surface area contributed by atoms with E-state index in [2.05, 4.69) is 44.1 Å². The van der Waals surface area contributed by atoms with E-state index in [9.17, 15) is 4.79 Å². The number of amides is 1. The Morgan fingerprint density at radius 2 is 2.00 bits per heavy atom. The maximum atomic E-state index is 12.5. The van der Waals surface area contributed by atoms with Gasteiger partial charge in [0.25, 0.3) is 5.91 Å². The van der Waals surface area contributed by atoms with Gasteiger partial charge >= 0.3 is 0 Å². The van der Waals surface area contributed by atoms with Gasteiger partial charge in [-0.05, 0) is 59.3 Å². The van der Waals surface area contributed by atoms with Crippen LogP contribution in [0.3, 0.4) is 0 Å². The minimum absolute atomic E-state index is 0.0237. The number of halogens is 2. The van der Waals surface area contributed by atoms with Crippen molar-refractivity contribution < 1.29 is 4.79 Å². The molecule has 20 heavy (non-hydrogen) atoms. The van der Waals surface area contributed by atoms with E-state index in [1.807, 2.05) is 18.2 Å². The molecular formula is C16H21Br2NO. The Morgan fingerprint density at radius 1 is 1.30 bits per heavy atom. The van der Waals surface area contributed by atoms with E-state index in [0.29, 0.717) is 17.5 Å². The summed E-state index contributed by atoms with van der Waals surface area (Å²) in [4.78, 5) is 12.5. The summed E-state index contributed by atoms with van der Waals surface area (Å²) in [6.45, 7) is 2.16. The van der Waals surface area contributed by atoms with Crippen LogP contribution in [0.5, 0.6) is 0 Å². The van der Waals surface area contributed by atoms with Crippen molar-refractivity contribution in [2.45, 2.75) is 51.5 Å². The van der Waals surface area contributed by atoms with Crippen molar-refractivity contribution >= 4 is 37.8 Å². The topological polar surface area (TPSA) is 29.1 Å². The van der Waals surface area contributed by atoms with E-state index in [4.69, 9.17) is 0 Å². The van der Waals surface area contributed by atoms with Gasteiger partial charge in [0, 0.05) is 15.0 Å². The lowest BCUT2D eigenvalue weighted by molar-refractivity contribution is 0.0910. The summed E-state index contributed by atoms with van der Waals surface area (Å²) in [6, 6.07) is 6.00. The van der Waals surface area contributed by atoms with Crippen molar-refractivity contribution in [3.63, 3.8) is 0 Å². The zero-order valence-corrected chi connectivity index (χ0v) is 15.0. The molecule has 1 fully saturated rings. The lowest BCUT2D eigenvalue weighted by Crippen LogP contribution is -2.40. The molecule has 2 nitrogen and oxygen atoms in total. The Bertz CT molecular complexity index is 470. The first-order valence-electron chi connectivity index (χ1n) is 7.37. The summed E-state index contributed by atoms with van der Waals surface area (Å²) in [5, 5.41) is 3.23. The third kappa shape index (κ3) is 4.08. The van der Waals surface area contributed by atoms with Gasteiger partial charge in [0.15, 0.2) is 0 Å². The highest BCUT2D eigenvalue weighted by Gasteiger charge is 2.24. The molecule has 1 N–H and O–H groups in total. The molecule has 0 heterocycles. The molecule has 1 amide bonds. The maximum Gasteiger partial charge on any atom is 0.252 e. The van der Waals surface area contributed by atoms with E-state index >= 15 is 0 Å². The average Bonchev–Trinajstić information content (AvgIpc) is 2.48. The zero-order valence-electron chi connectivity index (χ0n) is 11.8. The summed E-state index contributed by atoms with van der Waals surface area (Å²) < 4.78 is 1.77. The van der Waals surface area contributed by atoms with Gasteiger partial charge in [-0.25, -0.2) is 0 Å². The highest BCUT2D eigenvalue weighted by molar-refractivity contribution is 9.11. The second-order valence-corrected chi connectivity index (χ2v) is 7.28. The van der Waals surface area contributed by atoms with Crippen LogP contribution < -0.4 is 5.32 Å². The first kappa shape index (κ1) is 16.0. The molecule has 1 atom stereocenters. The molecule has 0 radical (unpaired) electrons. The molecule has 2 rings (SSSR count). The summed E-state index contributed by atoms with van der Waals surface area (Å²) >= 11 is 6.88. The molecule has 1 aliphatic rings. The minimum Gasteiger partial charge on any atom is -0.349 e. The van der Waals surface area contributed by atoms with Crippen LogP contribution in [0.4, 0.5) is 0 Å². The van der Waals surface area contributed by atoms with Crippen LogP contribution in [-0.4, -0.2) is 11.9 Å². The molecule has 4 heteroatoms. The lowest BCUT2D eigenvalue weighted by Gasteiger charge is -2.30. The standard InChI is InChI=1S/C16H21Br2NO/c1-2-15(11-6-4-3-5-7-11)19-16(20)13-10-12(17)8-9-14(13)18/h8-11,15H,2-7H2,1H3,(H,19,20). The van der Waals surface area contributed by atoms with Crippen LogP contribution in [0.1, 0.15) is 55.8 Å². The lowest BCUT2D eigenvalue weighted by atomic mass is 9.83. The van der Waals surface area contributed by atoms with E-state index in [1.165, 1.54) is 32.1 Å².